The van der Waals surface area contributed by atoms with Gasteiger partial charge in [0.2, 0.25) is 5.79 Å². The number of esters is 1. The van der Waals surface area contributed by atoms with Crippen LogP contribution in [0, 0.1) is 29.6 Å². The zero-order chi connectivity index (χ0) is 47.4. The number of methoxy groups -OCH3 is 3. The monoisotopic (exact) mass is 912 g/mol. The third kappa shape index (κ3) is 13.4. The van der Waals surface area contributed by atoms with Gasteiger partial charge in [-0.15, -0.1) is 0 Å². The second-order valence-electron chi connectivity index (χ2n) is 19.2. The number of ether oxygens (including phenoxy) is 7. The second-order valence-corrected chi connectivity index (χ2v) is 19.2. The first-order valence-corrected chi connectivity index (χ1v) is 23.9. The average molecular weight is 912 g/mol. The van der Waals surface area contributed by atoms with Gasteiger partial charge in [-0.05, 0) is 101 Å². The molecule has 2 N–H and O–H groups in total. The van der Waals surface area contributed by atoms with E-state index in [1.54, 1.807) is 21.0 Å². The lowest BCUT2D eigenvalue weighted by atomic mass is 9.81. The van der Waals surface area contributed by atoms with Gasteiger partial charge < -0.3 is 48.3 Å². The van der Waals surface area contributed by atoms with Crippen molar-refractivity contribution in [2.75, 3.05) is 34.7 Å². The predicted octanol–water partition coefficient (Wildman–Crippen LogP) is 6.67. The molecule has 2 saturated heterocycles. The first kappa shape index (κ1) is 52.6. The minimum atomic E-state index is -2.51. The molecule has 1 aromatic carbocycles. The molecule has 2 bridgehead atoms. The summed E-state index contributed by atoms with van der Waals surface area (Å²) in [6.45, 7) is 11.9. The molecule has 1 saturated carbocycles. The summed E-state index contributed by atoms with van der Waals surface area (Å²) in [4.78, 5) is 58.3. The molecular formula is C51H77NO13. The molecule has 3 aliphatic heterocycles. The Morgan fingerprint density at radius 1 is 0.892 bits per heavy atom. The number of aliphatic hydroxyl groups is 2. The van der Waals surface area contributed by atoms with Gasteiger partial charge in [0.05, 0.1) is 37.1 Å². The van der Waals surface area contributed by atoms with Crippen LogP contribution in [-0.2, 0) is 58.9 Å². The fourth-order valence-electron chi connectivity index (χ4n) is 10.4. The zero-order valence-corrected chi connectivity index (χ0v) is 40.3. The molecule has 14 nitrogen and oxygen atoms in total. The number of hydrogen-bond donors (Lipinski definition) is 2. The van der Waals surface area contributed by atoms with E-state index in [1.807, 2.05) is 57.2 Å². The minimum Gasteiger partial charge on any atom is -0.456 e. The van der Waals surface area contributed by atoms with E-state index in [4.69, 9.17) is 33.2 Å². The Labute approximate surface area is 386 Å². The zero-order valence-electron chi connectivity index (χ0n) is 40.3. The molecule has 1 aromatic rings. The number of rotatable bonds is 11. The Balaban J connectivity index is 1.43. The molecule has 65 heavy (non-hydrogen) atoms. The number of amides is 1. The van der Waals surface area contributed by atoms with E-state index in [2.05, 4.69) is 13.0 Å². The van der Waals surface area contributed by atoms with Gasteiger partial charge in [-0.2, -0.15) is 0 Å². The van der Waals surface area contributed by atoms with Crippen LogP contribution in [0.15, 0.2) is 53.6 Å². The van der Waals surface area contributed by atoms with Crippen LogP contribution in [0.4, 0.5) is 0 Å². The van der Waals surface area contributed by atoms with Gasteiger partial charge in [0.15, 0.2) is 0 Å². The number of fused-ring (bicyclic) bond motifs is 3. The van der Waals surface area contributed by atoms with Crippen molar-refractivity contribution in [3.8, 4) is 0 Å². The van der Waals surface area contributed by atoms with Crippen molar-refractivity contribution >= 4 is 23.4 Å². The summed E-state index contributed by atoms with van der Waals surface area (Å²) in [6.07, 6.45) is 4.58. The number of carbonyl (C=O) groups is 4. The number of carbonyl (C=O) groups excluding carboxylic acids is 4. The van der Waals surface area contributed by atoms with Crippen molar-refractivity contribution in [2.45, 2.75) is 173 Å². The highest BCUT2D eigenvalue weighted by Crippen LogP contribution is 2.39. The normalized spacial score (nSPS) is 37.4. The van der Waals surface area contributed by atoms with Crippen molar-refractivity contribution in [3.63, 3.8) is 0 Å². The number of aliphatic hydroxyl groups excluding tert-OH is 1. The second kappa shape index (κ2) is 24.6. The Morgan fingerprint density at radius 2 is 1.58 bits per heavy atom. The van der Waals surface area contributed by atoms with Crippen LogP contribution in [0.25, 0.3) is 0 Å². The quantitative estimate of drug-likeness (QED) is 0.0792. The highest BCUT2D eigenvalue weighted by atomic mass is 16.7. The van der Waals surface area contributed by atoms with Crippen LogP contribution in [0.3, 0.4) is 0 Å². The molecule has 0 radical (unpaired) electrons. The molecular weight excluding hydrogens is 835 g/mol. The summed E-state index contributed by atoms with van der Waals surface area (Å²) in [6, 6.07) is 8.74. The number of ketones is 2. The highest BCUT2D eigenvalue weighted by Gasteiger charge is 2.56. The van der Waals surface area contributed by atoms with Crippen molar-refractivity contribution in [3.05, 3.63) is 59.2 Å². The van der Waals surface area contributed by atoms with Crippen LogP contribution in [0.5, 0.6) is 0 Å². The van der Waals surface area contributed by atoms with Gasteiger partial charge in [0.1, 0.15) is 30.8 Å². The number of cyclic esters (lactones) is 1. The summed E-state index contributed by atoms with van der Waals surface area (Å²) in [5.74, 6) is -7.50. The molecule has 1 amide bonds. The number of Topliss-reactive ketones (excluding diaryl/α,β-unsaturated/α-hetero) is 2. The fraction of sp³-hybridized carbons (Fsp3) is 0.725. The average Bonchev–Trinajstić information content (AvgIpc) is 3.30. The van der Waals surface area contributed by atoms with Gasteiger partial charge in [-0.25, -0.2) is 4.79 Å². The van der Waals surface area contributed by atoms with Gasteiger partial charge in [0, 0.05) is 52.0 Å². The van der Waals surface area contributed by atoms with E-state index in [-0.39, 0.29) is 62.4 Å². The minimum absolute atomic E-state index is 0.0164. The Morgan fingerprint density at radius 3 is 2.26 bits per heavy atom. The maximum atomic E-state index is 14.5. The van der Waals surface area contributed by atoms with Crippen molar-refractivity contribution in [1.82, 2.24) is 4.90 Å². The number of allylic oxidation sites excluding steroid dienone is 3. The SMILES string of the molecule is CC[C@@H]1/C=C(\C)C[C@H](C)C[C@H](OC)[C@H]2O[C@@](O)(C(=O)C(=O)N3CCCC[C@H]3C(=O)O[C@H](/C(C)=C/[C@@H]3CC[C@@H](OCOCc4ccccc4)[C@H](OC)C3)[C@H](C)[C@@H](O)CC1=O)[C@H](C)C[C@@H]2OC. The van der Waals surface area contributed by atoms with Gasteiger partial charge in [-0.3, -0.25) is 14.4 Å². The van der Waals surface area contributed by atoms with Crippen molar-refractivity contribution < 1.29 is 62.5 Å². The third-order valence-corrected chi connectivity index (χ3v) is 14.3. The number of nitrogens with zero attached hydrogens (tertiary/aromatic N) is 1. The maximum absolute atomic E-state index is 14.5. The number of piperidine rings is 1. The van der Waals surface area contributed by atoms with Crippen molar-refractivity contribution in [2.24, 2.45) is 29.6 Å². The van der Waals surface area contributed by atoms with Gasteiger partial charge >= 0.3 is 5.97 Å². The first-order valence-electron chi connectivity index (χ1n) is 23.9. The smallest absolute Gasteiger partial charge is 0.329 e. The first-order chi connectivity index (χ1) is 31.0. The summed E-state index contributed by atoms with van der Waals surface area (Å²) < 4.78 is 42.3. The maximum Gasteiger partial charge on any atom is 0.329 e. The Kier molecular flexibility index (Phi) is 19.9. The fourth-order valence-corrected chi connectivity index (χ4v) is 10.4. The molecule has 0 aromatic heterocycles. The van der Waals surface area contributed by atoms with E-state index >= 15 is 0 Å². The Hall–Kier alpha value is -3.34. The Bertz CT molecular complexity index is 1790. The molecule has 4 aliphatic rings. The molecule has 3 heterocycles. The molecule has 3 fully saturated rings. The standard InChI is InChI=1S/C51H77NO13/c1-10-38-23-31(2)22-32(3)24-44(60-8)47-45(61-9)26-34(5)51(58,65-47)48(55)49(56)52-21-15-14-18-39(52)50(57)64-46(35(6)40(53)28-41(38)54)33(4)25-37-19-20-42(43(27-37)59-7)63-30-62-29-36-16-12-11-13-17-36/h11-13,16-17,23,25,32,34-35,37-40,42-47,53,58H,10,14-15,18-22,24,26-30H2,1-9H3/b31-23+,33-25+/t32-,34+,35+,37-,38+,39-,40-,42+,43+,44-,45-,46+,47+,51+/m0/s1. The van der Waals surface area contributed by atoms with Crippen LogP contribution in [0.2, 0.25) is 0 Å². The topological polar surface area (TPSA) is 177 Å². The highest BCUT2D eigenvalue weighted by molar-refractivity contribution is 6.39. The van der Waals surface area contributed by atoms with Gasteiger partial charge in [0.25, 0.3) is 11.7 Å². The predicted molar refractivity (Wildman–Crippen MR) is 243 cm³/mol. The summed E-state index contributed by atoms with van der Waals surface area (Å²) in [7, 11) is 4.73. The molecule has 0 spiro atoms. The van der Waals surface area contributed by atoms with Gasteiger partial charge in [-0.1, -0.05) is 75.8 Å². The lowest BCUT2D eigenvalue weighted by Gasteiger charge is -2.47. The largest absolute Gasteiger partial charge is 0.456 e. The number of hydrogen-bond acceptors (Lipinski definition) is 13. The number of benzene rings is 1. The molecule has 5 rings (SSSR count). The van der Waals surface area contributed by atoms with Crippen LogP contribution < -0.4 is 0 Å². The molecule has 364 valence electrons. The van der Waals surface area contributed by atoms with Crippen LogP contribution >= 0.6 is 0 Å². The van der Waals surface area contributed by atoms with E-state index < -0.39 is 77.8 Å². The van der Waals surface area contributed by atoms with E-state index in [0.29, 0.717) is 57.1 Å². The molecule has 14 heteroatoms. The van der Waals surface area contributed by atoms with Crippen molar-refractivity contribution in [1.29, 1.82) is 0 Å². The lowest BCUT2D eigenvalue weighted by Crippen LogP contribution is -2.64. The molecule has 1 aliphatic carbocycles. The van der Waals surface area contributed by atoms with E-state index in [1.165, 1.54) is 19.1 Å². The third-order valence-electron chi connectivity index (χ3n) is 14.3. The van der Waals surface area contributed by atoms with Crippen LogP contribution in [-0.4, -0.2) is 128 Å². The summed E-state index contributed by atoms with van der Waals surface area (Å²) in [5, 5.41) is 23.9. The van der Waals surface area contributed by atoms with E-state index in [9.17, 15) is 29.4 Å². The lowest BCUT2D eigenvalue weighted by molar-refractivity contribution is -0.302. The summed E-state index contributed by atoms with van der Waals surface area (Å²) >= 11 is 0. The van der Waals surface area contributed by atoms with E-state index in [0.717, 1.165) is 17.6 Å². The molecule has 0 unspecified atom stereocenters. The molecule has 14 atom stereocenters. The summed E-state index contributed by atoms with van der Waals surface area (Å²) in [5.41, 5.74) is 2.74. The van der Waals surface area contributed by atoms with Crippen LogP contribution in [0.1, 0.15) is 118 Å².